The maximum Gasteiger partial charge on any atom is 0.227 e. The fourth-order valence-corrected chi connectivity index (χ4v) is 1.73. The van der Waals surface area contributed by atoms with Gasteiger partial charge in [0.15, 0.2) is 0 Å². The minimum atomic E-state index is 0.162. The van der Waals surface area contributed by atoms with Gasteiger partial charge < -0.3 is 10.5 Å². The van der Waals surface area contributed by atoms with E-state index in [0.717, 1.165) is 5.56 Å². The number of nitriles is 1. The zero-order chi connectivity index (χ0) is 13.8. The average Bonchev–Trinajstić information content (AvgIpc) is 2.39. The van der Waals surface area contributed by atoms with Crippen molar-refractivity contribution in [2.24, 2.45) is 0 Å². The van der Waals surface area contributed by atoms with Crippen molar-refractivity contribution in [3.8, 4) is 17.7 Å². The maximum atomic E-state index is 8.74. The molecule has 0 atom stereocenters. The van der Waals surface area contributed by atoms with Crippen molar-refractivity contribution in [3.05, 3.63) is 41.7 Å². The Kier molecular flexibility index (Phi) is 3.62. The van der Waals surface area contributed by atoms with Crippen LogP contribution in [-0.2, 0) is 0 Å². The van der Waals surface area contributed by atoms with Gasteiger partial charge >= 0.3 is 0 Å². The molecule has 0 radical (unpaired) electrons. The molecule has 0 spiro atoms. The van der Waals surface area contributed by atoms with Crippen molar-refractivity contribution in [2.75, 3.05) is 5.73 Å². The largest absolute Gasteiger partial charge is 0.439 e. The molecule has 0 aliphatic rings. The molecule has 96 valence electrons. The van der Waals surface area contributed by atoms with Crippen LogP contribution in [0.4, 0.5) is 5.82 Å². The molecule has 1 aromatic heterocycles. The lowest BCUT2D eigenvalue weighted by molar-refractivity contribution is 0.452. The third-order valence-corrected chi connectivity index (χ3v) is 2.65. The number of nitrogens with zero attached hydrogens (tertiary/aromatic N) is 3. The van der Waals surface area contributed by atoms with Crippen LogP contribution in [0.3, 0.4) is 0 Å². The van der Waals surface area contributed by atoms with E-state index < -0.39 is 0 Å². The average molecular weight is 254 g/mol. The standard InChI is InChI=1S/C14H14N4O/c1-9(2)12-13(16)17-8-18-14(12)19-11-5-3-10(7-15)4-6-11/h3-6,8-9H,1-2H3,(H2,16,17,18). The number of hydrogen-bond donors (Lipinski definition) is 1. The lowest BCUT2D eigenvalue weighted by Crippen LogP contribution is -2.04. The van der Waals surface area contributed by atoms with Crippen LogP contribution in [0.2, 0.25) is 0 Å². The molecule has 0 fully saturated rings. The zero-order valence-corrected chi connectivity index (χ0v) is 10.8. The summed E-state index contributed by atoms with van der Waals surface area (Å²) in [5.74, 6) is 1.65. The third-order valence-electron chi connectivity index (χ3n) is 2.65. The van der Waals surface area contributed by atoms with Crippen LogP contribution < -0.4 is 10.5 Å². The molecule has 1 aromatic carbocycles. The molecule has 2 aromatic rings. The van der Waals surface area contributed by atoms with E-state index in [2.05, 4.69) is 16.0 Å². The number of nitrogen functional groups attached to an aromatic ring is 1. The molecule has 5 nitrogen and oxygen atoms in total. The van der Waals surface area contributed by atoms with Crippen LogP contribution in [0.1, 0.15) is 30.9 Å². The van der Waals surface area contributed by atoms with E-state index in [1.165, 1.54) is 6.33 Å². The Morgan fingerprint density at radius 2 is 1.89 bits per heavy atom. The molecule has 19 heavy (non-hydrogen) atoms. The second-order valence-electron chi connectivity index (χ2n) is 4.37. The van der Waals surface area contributed by atoms with Gasteiger partial charge in [-0.25, -0.2) is 9.97 Å². The summed E-state index contributed by atoms with van der Waals surface area (Å²) in [6, 6.07) is 8.88. The third kappa shape index (κ3) is 2.80. The predicted molar refractivity (Wildman–Crippen MR) is 71.8 cm³/mol. The van der Waals surface area contributed by atoms with Crippen LogP contribution in [0, 0.1) is 11.3 Å². The van der Waals surface area contributed by atoms with Crippen molar-refractivity contribution in [3.63, 3.8) is 0 Å². The molecule has 0 saturated heterocycles. The second kappa shape index (κ2) is 5.36. The van der Waals surface area contributed by atoms with Gasteiger partial charge in [0.2, 0.25) is 5.88 Å². The number of benzene rings is 1. The van der Waals surface area contributed by atoms with Crippen LogP contribution in [0.15, 0.2) is 30.6 Å². The summed E-state index contributed by atoms with van der Waals surface area (Å²) in [6.07, 6.45) is 1.38. The Balaban J connectivity index is 2.33. The van der Waals surface area contributed by atoms with Gasteiger partial charge in [-0.15, -0.1) is 0 Å². The molecule has 0 aliphatic carbocycles. The number of hydrogen-bond acceptors (Lipinski definition) is 5. The van der Waals surface area contributed by atoms with Crippen LogP contribution in [-0.4, -0.2) is 9.97 Å². The summed E-state index contributed by atoms with van der Waals surface area (Å²) in [7, 11) is 0. The van der Waals surface area contributed by atoms with Gasteiger partial charge in [0, 0.05) is 0 Å². The molecule has 5 heteroatoms. The van der Waals surface area contributed by atoms with Gasteiger partial charge in [-0.2, -0.15) is 5.26 Å². The topological polar surface area (TPSA) is 84.8 Å². The molecule has 0 saturated carbocycles. The quantitative estimate of drug-likeness (QED) is 0.910. The van der Waals surface area contributed by atoms with E-state index in [1.54, 1.807) is 24.3 Å². The minimum Gasteiger partial charge on any atom is -0.439 e. The molecule has 0 amide bonds. The van der Waals surface area contributed by atoms with E-state index in [1.807, 2.05) is 13.8 Å². The zero-order valence-electron chi connectivity index (χ0n) is 10.8. The van der Waals surface area contributed by atoms with Gasteiger partial charge in [0.25, 0.3) is 0 Å². The summed E-state index contributed by atoms with van der Waals surface area (Å²) >= 11 is 0. The van der Waals surface area contributed by atoms with Gasteiger partial charge in [0.1, 0.15) is 17.9 Å². The lowest BCUT2D eigenvalue weighted by Gasteiger charge is -2.13. The summed E-state index contributed by atoms with van der Waals surface area (Å²) in [4.78, 5) is 8.09. The monoisotopic (exact) mass is 254 g/mol. The van der Waals surface area contributed by atoms with Crippen molar-refractivity contribution in [1.82, 2.24) is 9.97 Å². The Labute approximate surface area is 111 Å². The van der Waals surface area contributed by atoms with Gasteiger partial charge in [0.05, 0.1) is 17.2 Å². The minimum absolute atomic E-state index is 0.162. The van der Waals surface area contributed by atoms with Crippen LogP contribution >= 0.6 is 0 Å². The van der Waals surface area contributed by atoms with Gasteiger partial charge in [-0.05, 0) is 30.2 Å². The number of anilines is 1. The van der Waals surface area contributed by atoms with Crippen LogP contribution in [0.25, 0.3) is 0 Å². The second-order valence-corrected chi connectivity index (χ2v) is 4.37. The Morgan fingerprint density at radius 3 is 2.47 bits per heavy atom. The highest BCUT2D eigenvalue weighted by Gasteiger charge is 2.14. The smallest absolute Gasteiger partial charge is 0.227 e. The van der Waals surface area contributed by atoms with E-state index >= 15 is 0 Å². The molecule has 0 aliphatic heterocycles. The van der Waals surface area contributed by atoms with E-state index in [-0.39, 0.29) is 5.92 Å². The SMILES string of the molecule is CC(C)c1c(N)ncnc1Oc1ccc(C#N)cc1. The Bertz CT molecular complexity index is 614. The highest BCUT2D eigenvalue weighted by molar-refractivity contribution is 5.48. The summed E-state index contributed by atoms with van der Waals surface area (Å²) in [5.41, 5.74) is 7.21. The van der Waals surface area contributed by atoms with E-state index in [9.17, 15) is 0 Å². The molecule has 2 rings (SSSR count). The van der Waals surface area contributed by atoms with Gasteiger partial charge in [-0.1, -0.05) is 13.8 Å². The first kappa shape index (κ1) is 12.8. The van der Waals surface area contributed by atoms with Crippen molar-refractivity contribution in [2.45, 2.75) is 19.8 Å². The normalized spacial score (nSPS) is 10.2. The first-order valence-electron chi connectivity index (χ1n) is 5.90. The maximum absolute atomic E-state index is 8.74. The van der Waals surface area contributed by atoms with Crippen molar-refractivity contribution in [1.29, 1.82) is 5.26 Å². The van der Waals surface area contributed by atoms with E-state index in [4.69, 9.17) is 15.7 Å². The predicted octanol–water partition coefficient (Wildman–Crippen LogP) is 2.85. The Morgan fingerprint density at radius 1 is 1.21 bits per heavy atom. The molecular formula is C14H14N4O. The molecule has 0 bridgehead atoms. The number of aromatic nitrogens is 2. The number of nitrogens with two attached hydrogens (primary N) is 1. The first-order chi connectivity index (χ1) is 9.11. The fraction of sp³-hybridized carbons (Fsp3) is 0.214. The molecule has 1 heterocycles. The highest BCUT2D eigenvalue weighted by Crippen LogP contribution is 2.31. The summed E-state index contributed by atoms with van der Waals surface area (Å²) < 4.78 is 5.71. The summed E-state index contributed by atoms with van der Waals surface area (Å²) in [6.45, 7) is 4.00. The lowest BCUT2D eigenvalue weighted by atomic mass is 10.1. The number of rotatable bonds is 3. The Hall–Kier alpha value is -2.61. The molecule has 2 N–H and O–H groups in total. The molecule has 0 unspecified atom stereocenters. The van der Waals surface area contributed by atoms with Crippen molar-refractivity contribution >= 4 is 5.82 Å². The first-order valence-corrected chi connectivity index (χ1v) is 5.90. The van der Waals surface area contributed by atoms with E-state index in [0.29, 0.717) is 23.0 Å². The fourth-order valence-electron chi connectivity index (χ4n) is 1.73. The van der Waals surface area contributed by atoms with Crippen molar-refractivity contribution < 1.29 is 4.74 Å². The highest BCUT2D eigenvalue weighted by atomic mass is 16.5. The van der Waals surface area contributed by atoms with Crippen LogP contribution in [0.5, 0.6) is 11.6 Å². The number of ether oxygens (including phenoxy) is 1. The molecular weight excluding hydrogens is 240 g/mol. The summed E-state index contributed by atoms with van der Waals surface area (Å²) in [5, 5.41) is 8.74. The van der Waals surface area contributed by atoms with Gasteiger partial charge in [-0.3, -0.25) is 0 Å².